The van der Waals surface area contributed by atoms with Crippen LogP contribution < -0.4 is 5.32 Å². The molecule has 100 valence electrons. The van der Waals surface area contributed by atoms with Crippen LogP contribution in [0.3, 0.4) is 0 Å². The van der Waals surface area contributed by atoms with Crippen LogP contribution in [-0.2, 0) is 6.54 Å². The molecule has 0 spiro atoms. The quantitative estimate of drug-likeness (QED) is 0.793. The molecule has 4 nitrogen and oxygen atoms in total. The summed E-state index contributed by atoms with van der Waals surface area (Å²) in [5, 5.41) is 5.53. The van der Waals surface area contributed by atoms with Crippen molar-refractivity contribution < 1.29 is 4.42 Å². The van der Waals surface area contributed by atoms with Crippen LogP contribution in [0, 0.1) is 13.8 Å². The predicted octanol–water partition coefficient (Wildman–Crippen LogP) is 3.46. The van der Waals surface area contributed by atoms with Crippen molar-refractivity contribution in [3.63, 3.8) is 0 Å². The molecule has 0 fully saturated rings. The van der Waals surface area contributed by atoms with Gasteiger partial charge >= 0.3 is 0 Å². The largest absolute Gasteiger partial charge is 0.466 e. The molecule has 5 heteroatoms. The number of furan rings is 1. The Morgan fingerprint density at radius 2 is 2.32 bits per heavy atom. The van der Waals surface area contributed by atoms with E-state index in [4.69, 9.17) is 4.42 Å². The highest BCUT2D eigenvalue weighted by Crippen LogP contribution is 2.21. The fraction of sp³-hybridized carbons (Fsp3) is 0.357. The molecule has 3 aromatic rings. The molecule has 3 heterocycles. The Kier molecular flexibility index (Phi) is 3.16. The van der Waals surface area contributed by atoms with E-state index >= 15 is 0 Å². The van der Waals surface area contributed by atoms with E-state index < -0.39 is 0 Å². The lowest BCUT2D eigenvalue weighted by atomic mass is 10.1. The highest BCUT2D eigenvalue weighted by Gasteiger charge is 2.12. The summed E-state index contributed by atoms with van der Waals surface area (Å²) in [6.45, 7) is 6.90. The molecule has 0 radical (unpaired) electrons. The van der Waals surface area contributed by atoms with Crippen LogP contribution in [0.4, 0.5) is 0 Å². The molecule has 0 amide bonds. The molecule has 0 bridgehead atoms. The van der Waals surface area contributed by atoms with Crippen LogP contribution in [0.15, 0.2) is 28.3 Å². The SMILES string of the molecule is Cc1cc(C(C)NCc2cn3ccsc3n2)c(C)o1. The number of fused-ring (bicyclic) bond motifs is 1. The minimum absolute atomic E-state index is 0.261. The highest BCUT2D eigenvalue weighted by atomic mass is 32.1. The molecular weight excluding hydrogens is 258 g/mol. The van der Waals surface area contributed by atoms with Gasteiger partial charge in [-0.05, 0) is 26.8 Å². The number of imidazole rings is 1. The summed E-state index contributed by atoms with van der Waals surface area (Å²) in [6, 6.07) is 2.36. The van der Waals surface area contributed by atoms with Gasteiger partial charge in [0, 0.05) is 35.9 Å². The zero-order valence-corrected chi connectivity index (χ0v) is 12.1. The summed E-state index contributed by atoms with van der Waals surface area (Å²) in [5.41, 5.74) is 2.29. The molecule has 0 aliphatic carbocycles. The van der Waals surface area contributed by atoms with Gasteiger partial charge in [0.25, 0.3) is 0 Å². The average molecular weight is 275 g/mol. The predicted molar refractivity (Wildman–Crippen MR) is 76.5 cm³/mol. The Morgan fingerprint density at radius 1 is 1.47 bits per heavy atom. The number of aromatic nitrogens is 2. The van der Waals surface area contributed by atoms with Crippen molar-refractivity contribution >= 4 is 16.3 Å². The summed E-state index contributed by atoms with van der Waals surface area (Å²) < 4.78 is 7.62. The number of nitrogens with one attached hydrogen (secondary N) is 1. The minimum atomic E-state index is 0.261. The van der Waals surface area contributed by atoms with Gasteiger partial charge in [0.1, 0.15) is 11.5 Å². The van der Waals surface area contributed by atoms with Crippen LogP contribution in [0.1, 0.15) is 35.7 Å². The van der Waals surface area contributed by atoms with E-state index in [2.05, 4.69) is 33.9 Å². The smallest absolute Gasteiger partial charge is 0.193 e. The first kappa shape index (κ1) is 12.4. The minimum Gasteiger partial charge on any atom is -0.466 e. The van der Waals surface area contributed by atoms with Crippen LogP contribution in [-0.4, -0.2) is 9.38 Å². The van der Waals surface area contributed by atoms with Gasteiger partial charge in [-0.2, -0.15) is 0 Å². The molecule has 0 aliphatic heterocycles. The van der Waals surface area contributed by atoms with Gasteiger partial charge in [-0.1, -0.05) is 0 Å². The Bertz CT molecular complexity index is 666. The topological polar surface area (TPSA) is 42.5 Å². The summed E-state index contributed by atoms with van der Waals surface area (Å²) in [5.74, 6) is 1.95. The van der Waals surface area contributed by atoms with E-state index in [0.29, 0.717) is 0 Å². The van der Waals surface area contributed by atoms with E-state index in [0.717, 1.165) is 28.7 Å². The van der Waals surface area contributed by atoms with Gasteiger partial charge in [-0.15, -0.1) is 11.3 Å². The Morgan fingerprint density at radius 3 is 3.00 bits per heavy atom. The van der Waals surface area contributed by atoms with Crippen molar-refractivity contribution in [2.24, 2.45) is 0 Å². The number of nitrogens with zero attached hydrogens (tertiary/aromatic N) is 2. The number of rotatable bonds is 4. The fourth-order valence-electron chi connectivity index (χ4n) is 2.31. The van der Waals surface area contributed by atoms with Gasteiger partial charge in [0.2, 0.25) is 0 Å². The second-order valence-corrected chi connectivity index (χ2v) is 5.67. The molecule has 0 saturated carbocycles. The lowest BCUT2D eigenvalue weighted by Crippen LogP contribution is -2.18. The van der Waals surface area contributed by atoms with Crippen molar-refractivity contribution in [1.29, 1.82) is 0 Å². The monoisotopic (exact) mass is 275 g/mol. The third-order valence-electron chi connectivity index (χ3n) is 3.28. The number of aryl methyl sites for hydroxylation is 2. The zero-order valence-electron chi connectivity index (χ0n) is 11.3. The van der Waals surface area contributed by atoms with Crippen molar-refractivity contribution in [3.05, 3.63) is 46.6 Å². The highest BCUT2D eigenvalue weighted by molar-refractivity contribution is 7.15. The van der Waals surface area contributed by atoms with Gasteiger partial charge in [0.05, 0.1) is 5.69 Å². The lowest BCUT2D eigenvalue weighted by molar-refractivity contribution is 0.489. The molecule has 0 saturated heterocycles. The molecule has 1 N–H and O–H groups in total. The average Bonchev–Trinajstić information content (AvgIpc) is 3.00. The number of hydrogen-bond acceptors (Lipinski definition) is 4. The van der Waals surface area contributed by atoms with E-state index in [9.17, 15) is 0 Å². The van der Waals surface area contributed by atoms with Crippen molar-refractivity contribution in [1.82, 2.24) is 14.7 Å². The van der Waals surface area contributed by atoms with E-state index in [-0.39, 0.29) is 6.04 Å². The summed E-state index contributed by atoms with van der Waals surface area (Å²) >= 11 is 1.65. The molecule has 1 atom stereocenters. The van der Waals surface area contributed by atoms with E-state index in [1.807, 2.05) is 25.4 Å². The van der Waals surface area contributed by atoms with E-state index in [1.165, 1.54) is 5.56 Å². The Labute approximate surface area is 116 Å². The fourth-order valence-corrected chi connectivity index (χ4v) is 3.03. The number of thiazole rings is 1. The van der Waals surface area contributed by atoms with Gasteiger partial charge in [-0.3, -0.25) is 4.40 Å². The van der Waals surface area contributed by atoms with Crippen LogP contribution in [0.2, 0.25) is 0 Å². The maximum atomic E-state index is 5.57. The van der Waals surface area contributed by atoms with Crippen LogP contribution in [0.25, 0.3) is 4.96 Å². The van der Waals surface area contributed by atoms with Crippen molar-refractivity contribution in [3.8, 4) is 0 Å². The lowest BCUT2D eigenvalue weighted by Gasteiger charge is -2.11. The Balaban J connectivity index is 1.68. The molecule has 0 aromatic carbocycles. The second kappa shape index (κ2) is 4.83. The Hall–Kier alpha value is -1.59. The first-order chi connectivity index (χ1) is 9.13. The standard InChI is InChI=1S/C14H17N3OS/c1-9-6-13(11(3)18-9)10(2)15-7-12-8-17-4-5-19-14(17)16-12/h4-6,8,10,15H,7H2,1-3H3. The molecule has 0 aliphatic rings. The third-order valence-corrected chi connectivity index (χ3v) is 4.05. The molecule has 3 rings (SSSR count). The van der Waals surface area contributed by atoms with Crippen LogP contribution in [0.5, 0.6) is 0 Å². The van der Waals surface area contributed by atoms with Gasteiger partial charge in [-0.25, -0.2) is 4.98 Å². The molecule has 19 heavy (non-hydrogen) atoms. The molecule has 1 unspecified atom stereocenters. The summed E-state index contributed by atoms with van der Waals surface area (Å²) in [4.78, 5) is 5.60. The molecular formula is C14H17N3OS. The normalized spacial score (nSPS) is 13.2. The number of hydrogen-bond donors (Lipinski definition) is 1. The maximum absolute atomic E-state index is 5.57. The second-order valence-electron chi connectivity index (χ2n) is 4.80. The van der Waals surface area contributed by atoms with Crippen molar-refractivity contribution in [2.45, 2.75) is 33.4 Å². The third kappa shape index (κ3) is 2.43. The van der Waals surface area contributed by atoms with Crippen LogP contribution >= 0.6 is 11.3 Å². The first-order valence-electron chi connectivity index (χ1n) is 6.35. The van der Waals surface area contributed by atoms with Gasteiger partial charge < -0.3 is 9.73 Å². The van der Waals surface area contributed by atoms with Crippen molar-refractivity contribution in [2.75, 3.05) is 0 Å². The molecule has 3 aromatic heterocycles. The summed E-state index contributed by atoms with van der Waals surface area (Å²) in [6.07, 6.45) is 4.10. The van der Waals surface area contributed by atoms with E-state index in [1.54, 1.807) is 11.3 Å². The maximum Gasteiger partial charge on any atom is 0.193 e. The first-order valence-corrected chi connectivity index (χ1v) is 7.23. The summed E-state index contributed by atoms with van der Waals surface area (Å²) in [7, 11) is 0. The van der Waals surface area contributed by atoms with Gasteiger partial charge in [0.15, 0.2) is 4.96 Å². The zero-order chi connectivity index (χ0) is 13.4.